The first kappa shape index (κ1) is 18.0. The van der Waals surface area contributed by atoms with Crippen LogP contribution in [0.2, 0.25) is 0 Å². The Labute approximate surface area is 131 Å². The Morgan fingerprint density at radius 2 is 2.05 bits per heavy atom. The monoisotopic (exact) mass is 310 g/mol. The third kappa shape index (κ3) is 5.69. The second-order valence-electron chi connectivity index (χ2n) is 5.53. The van der Waals surface area contributed by atoms with Crippen LogP contribution in [0, 0.1) is 0 Å². The molecule has 0 aromatic heterocycles. The van der Waals surface area contributed by atoms with Crippen LogP contribution in [-0.4, -0.2) is 53.7 Å². The zero-order chi connectivity index (χ0) is 15.9. The second-order valence-corrected chi connectivity index (χ2v) is 6.40. The topological polar surface area (TPSA) is 52.6 Å². The molecule has 2 atom stereocenters. The Bertz CT molecular complexity index is 437. The molecule has 0 heterocycles. The molecule has 0 aliphatic heterocycles. The van der Waals surface area contributed by atoms with E-state index in [1.807, 2.05) is 55.5 Å². The molecule has 0 bridgehead atoms. The van der Waals surface area contributed by atoms with Gasteiger partial charge in [-0.25, -0.2) is 0 Å². The highest BCUT2D eigenvalue weighted by molar-refractivity contribution is 7.98. The summed E-state index contributed by atoms with van der Waals surface area (Å²) in [5.74, 6) is 0.513. The van der Waals surface area contributed by atoms with Gasteiger partial charge in [0, 0.05) is 12.3 Å². The lowest BCUT2D eigenvalue weighted by molar-refractivity contribution is -0.127. The van der Waals surface area contributed by atoms with Gasteiger partial charge >= 0.3 is 0 Å². The van der Waals surface area contributed by atoms with Crippen molar-refractivity contribution < 1.29 is 9.90 Å². The maximum atomic E-state index is 12.5. The number of nitrogens with one attached hydrogen (secondary N) is 1. The van der Waals surface area contributed by atoms with Crippen LogP contribution < -0.4 is 5.32 Å². The molecular weight excluding hydrogens is 284 g/mol. The van der Waals surface area contributed by atoms with Crippen LogP contribution in [0.5, 0.6) is 0 Å². The predicted molar refractivity (Wildman–Crippen MR) is 89.5 cm³/mol. The molecule has 0 saturated carbocycles. The minimum Gasteiger partial charge on any atom is -0.387 e. The summed E-state index contributed by atoms with van der Waals surface area (Å²) < 4.78 is 0. The van der Waals surface area contributed by atoms with Crippen LogP contribution in [0.15, 0.2) is 30.3 Å². The van der Waals surface area contributed by atoms with Crippen molar-refractivity contribution in [3.8, 4) is 0 Å². The summed E-state index contributed by atoms with van der Waals surface area (Å²) >= 11 is 1.56. The van der Waals surface area contributed by atoms with Crippen molar-refractivity contribution in [1.82, 2.24) is 10.2 Å². The first-order chi connectivity index (χ1) is 9.91. The summed E-state index contributed by atoms with van der Waals surface area (Å²) in [5, 5.41) is 13.0. The molecule has 1 rings (SSSR count). The maximum absolute atomic E-state index is 12.5. The van der Waals surface area contributed by atoms with Gasteiger partial charge in [0.25, 0.3) is 0 Å². The fourth-order valence-corrected chi connectivity index (χ4v) is 2.88. The van der Waals surface area contributed by atoms with E-state index in [-0.39, 0.29) is 18.5 Å². The SMILES string of the molecule is CCN(C)C(C(=O)NCC(C)(O)CSC)c1ccccc1. The molecule has 2 N–H and O–H groups in total. The quantitative estimate of drug-likeness (QED) is 0.770. The number of aliphatic hydroxyl groups is 1. The fraction of sp³-hybridized carbons (Fsp3) is 0.562. The van der Waals surface area contributed by atoms with Crippen molar-refractivity contribution >= 4 is 17.7 Å². The molecule has 1 aromatic carbocycles. The molecule has 2 unspecified atom stereocenters. The standard InChI is InChI=1S/C16H26N2O2S/c1-5-18(3)14(13-9-7-6-8-10-13)15(19)17-11-16(2,20)12-21-4/h6-10,14,20H,5,11-12H2,1-4H3,(H,17,19). The third-order valence-corrected chi connectivity index (χ3v) is 4.31. The number of nitrogens with zero attached hydrogens (tertiary/aromatic N) is 1. The van der Waals surface area contributed by atoms with E-state index in [9.17, 15) is 9.90 Å². The van der Waals surface area contributed by atoms with E-state index in [1.54, 1.807) is 18.7 Å². The Morgan fingerprint density at radius 3 is 2.57 bits per heavy atom. The van der Waals surface area contributed by atoms with Crippen molar-refractivity contribution in [1.29, 1.82) is 0 Å². The molecule has 0 fully saturated rings. The van der Waals surface area contributed by atoms with E-state index in [1.165, 1.54) is 0 Å². The van der Waals surface area contributed by atoms with E-state index in [0.717, 1.165) is 12.1 Å². The number of amides is 1. The van der Waals surface area contributed by atoms with E-state index < -0.39 is 5.60 Å². The predicted octanol–water partition coefficient (Wildman–Crippen LogP) is 1.91. The van der Waals surface area contributed by atoms with E-state index >= 15 is 0 Å². The van der Waals surface area contributed by atoms with Crippen LogP contribution in [0.4, 0.5) is 0 Å². The van der Waals surface area contributed by atoms with E-state index in [2.05, 4.69) is 5.32 Å². The van der Waals surface area contributed by atoms with Gasteiger partial charge in [-0.3, -0.25) is 9.69 Å². The summed E-state index contributed by atoms with van der Waals surface area (Å²) in [5.41, 5.74) is 0.0741. The zero-order valence-corrected chi connectivity index (χ0v) is 14.1. The van der Waals surface area contributed by atoms with E-state index in [0.29, 0.717) is 5.75 Å². The molecule has 0 saturated heterocycles. The highest BCUT2D eigenvalue weighted by Gasteiger charge is 2.27. The Balaban J connectivity index is 2.78. The number of likely N-dealkylation sites (N-methyl/N-ethyl adjacent to an activating group) is 1. The normalized spacial score (nSPS) is 15.5. The number of carbonyl (C=O) groups excluding carboxylic acids is 1. The number of thioether (sulfide) groups is 1. The van der Waals surface area contributed by atoms with Gasteiger partial charge in [0.2, 0.25) is 5.91 Å². The molecule has 0 spiro atoms. The van der Waals surface area contributed by atoms with Crippen molar-refractivity contribution in [2.75, 3.05) is 32.1 Å². The fourth-order valence-electron chi connectivity index (χ4n) is 2.16. The van der Waals surface area contributed by atoms with Crippen molar-refractivity contribution in [2.45, 2.75) is 25.5 Å². The summed E-state index contributed by atoms with van der Waals surface area (Å²) in [6, 6.07) is 9.38. The first-order valence-corrected chi connectivity index (χ1v) is 8.55. The second kappa shape index (κ2) is 8.41. The van der Waals surface area contributed by atoms with Crippen molar-refractivity contribution in [3.05, 3.63) is 35.9 Å². The smallest absolute Gasteiger partial charge is 0.242 e. The van der Waals surface area contributed by atoms with Crippen LogP contribution in [0.25, 0.3) is 0 Å². The summed E-state index contributed by atoms with van der Waals surface area (Å²) in [4.78, 5) is 14.5. The lowest BCUT2D eigenvalue weighted by Crippen LogP contribution is -2.46. The Kier molecular flexibility index (Phi) is 7.22. The Morgan fingerprint density at radius 1 is 1.43 bits per heavy atom. The molecule has 1 amide bonds. The molecule has 4 nitrogen and oxygen atoms in total. The van der Waals surface area contributed by atoms with Gasteiger partial charge in [-0.1, -0.05) is 37.3 Å². The minimum atomic E-state index is -0.888. The lowest BCUT2D eigenvalue weighted by Gasteiger charge is -2.29. The van der Waals surface area contributed by atoms with Gasteiger partial charge in [-0.05, 0) is 32.3 Å². The summed E-state index contributed by atoms with van der Waals surface area (Å²) in [7, 11) is 1.93. The van der Waals surface area contributed by atoms with E-state index in [4.69, 9.17) is 0 Å². The molecule has 1 aromatic rings. The van der Waals surface area contributed by atoms with Gasteiger partial charge in [-0.15, -0.1) is 0 Å². The van der Waals surface area contributed by atoms with Crippen molar-refractivity contribution in [3.63, 3.8) is 0 Å². The maximum Gasteiger partial charge on any atom is 0.242 e. The number of benzene rings is 1. The average Bonchev–Trinajstić information content (AvgIpc) is 2.46. The molecule has 0 radical (unpaired) electrons. The van der Waals surface area contributed by atoms with Gasteiger partial charge in [0.15, 0.2) is 0 Å². The number of hydrogen-bond donors (Lipinski definition) is 2. The summed E-state index contributed by atoms with van der Waals surface area (Å²) in [6.45, 7) is 4.79. The molecule has 5 heteroatoms. The number of carbonyl (C=O) groups is 1. The molecule has 0 aliphatic carbocycles. The van der Waals surface area contributed by atoms with Crippen LogP contribution in [0.1, 0.15) is 25.5 Å². The molecule has 118 valence electrons. The minimum absolute atomic E-state index is 0.0769. The lowest BCUT2D eigenvalue weighted by atomic mass is 10.0. The number of rotatable bonds is 8. The molecule has 0 aliphatic rings. The van der Waals surface area contributed by atoms with Gasteiger partial charge < -0.3 is 10.4 Å². The first-order valence-electron chi connectivity index (χ1n) is 7.15. The van der Waals surface area contributed by atoms with Gasteiger partial charge in [-0.2, -0.15) is 11.8 Å². The van der Waals surface area contributed by atoms with Crippen LogP contribution >= 0.6 is 11.8 Å². The number of hydrogen-bond acceptors (Lipinski definition) is 4. The summed E-state index contributed by atoms with van der Waals surface area (Å²) in [6.07, 6.45) is 1.94. The molecular formula is C16H26N2O2S. The van der Waals surface area contributed by atoms with Crippen LogP contribution in [-0.2, 0) is 4.79 Å². The highest BCUT2D eigenvalue weighted by atomic mass is 32.2. The Hall–Kier alpha value is -1.04. The van der Waals surface area contributed by atoms with Gasteiger partial charge in [0.05, 0.1) is 5.60 Å². The van der Waals surface area contributed by atoms with Crippen LogP contribution in [0.3, 0.4) is 0 Å². The average molecular weight is 310 g/mol. The largest absolute Gasteiger partial charge is 0.387 e. The molecule has 21 heavy (non-hydrogen) atoms. The van der Waals surface area contributed by atoms with Crippen molar-refractivity contribution in [2.24, 2.45) is 0 Å². The third-order valence-electron chi connectivity index (χ3n) is 3.40. The highest BCUT2D eigenvalue weighted by Crippen LogP contribution is 2.19. The zero-order valence-electron chi connectivity index (χ0n) is 13.3. The van der Waals surface area contributed by atoms with Gasteiger partial charge in [0.1, 0.15) is 6.04 Å².